The number of nitrogens with zero attached hydrogens (tertiary/aromatic N) is 5. The monoisotopic (exact) mass is 783 g/mol. The van der Waals surface area contributed by atoms with Crippen LogP contribution in [-0.4, -0.2) is 23.7 Å². The maximum absolute atomic E-state index is 5.56. The molecule has 0 unspecified atom stereocenters. The fraction of sp³-hybridized carbons (Fsp3) is 0. The molecule has 0 N–H and O–H groups in total. The first kappa shape index (κ1) is 33.2. The van der Waals surface area contributed by atoms with Gasteiger partial charge >= 0.3 is 0 Å². The van der Waals surface area contributed by atoms with Crippen LogP contribution >= 0.6 is 11.3 Å². The molecule has 0 amide bonds. The first-order valence-electron chi connectivity index (χ1n) is 20.2. The fourth-order valence-electron chi connectivity index (χ4n) is 9.58. The molecule has 13 aromatic rings. The molecule has 5 aromatic heterocycles. The summed E-state index contributed by atoms with van der Waals surface area (Å²) in [6, 6.07) is 69.8. The molecule has 0 fully saturated rings. The predicted molar refractivity (Wildman–Crippen MR) is 251 cm³/mol. The zero-order valence-corrected chi connectivity index (χ0v) is 33.0. The molecular weight excluding hydrogens is 751 g/mol. The number of para-hydroxylation sites is 6. The van der Waals surface area contributed by atoms with E-state index in [9.17, 15) is 0 Å². The number of hydrogen-bond acceptors (Lipinski definition) is 3. The molecule has 5 nitrogen and oxygen atoms in total. The number of benzene rings is 8. The van der Waals surface area contributed by atoms with Crippen molar-refractivity contribution in [2.24, 2.45) is 0 Å². The van der Waals surface area contributed by atoms with Crippen LogP contribution in [0.3, 0.4) is 0 Å². The van der Waals surface area contributed by atoms with E-state index in [1.54, 1.807) is 11.3 Å². The van der Waals surface area contributed by atoms with Gasteiger partial charge in [0.05, 0.1) is 38.8 Å². The molecule has 60 heavy (non-hydrogen) atoms. The standard InChI is InChI=1S/C54H33N5S/c1-3-14-36(15-4-1)57-46-23-10-8-19-39(46)44-32-34(26-28-49(44)57)35-27-29-50-45(33-35)40-20-9-12-25-48(40)59(50)54-55-51(43-30-31-60-53(43)56-54)42-22-13-21-41-38-18-7-11-24-47(38)58(52(41)42)37-16-5-2-6-17-37/h1-33H. The topological polar surface area (TPSA) is 40.6 Å². The Morgan fingerprint density at radius 2 is 0.850 bits per heavy atom. The highest BCUT2D eigenvalue weighted by Gasteiger charge is 2.22. The van der Waals surface area contributed by atoms with Crippen LogP contribution in [0.4, 0.5) is 0 Å². The number of thiophene rings is 1. The van der Waals surface area contributed by atoms with Crippen molar-refractivity contribution >= 4 is 87.0 Å². The summed E-state index contributed by atoms with van der Waals surface area (Å²) in [5, 5.41) is 10.4. The first-order chi connectivity index (χ1) is 29.8. The molecule has 0 saturated heterocycles. The highest BCUT2D eigenvalue weighted by molar-refractivity contribution is 7.16. The zero-order chi connectivity index (χ0) is 39.3. The van der Waals surface area contributed by atoms with Gasteiger partial charge in [0.25, 0.3) is 0 Å². The summed E-state index contributed by atoms with van der Waals surface area (Å²) < 4.78 is 7.01. The summed E-state index contributed by atoms with van der Waals surface area (Å²) >= 11 is 1.66. The maximum atomic E-state index is 5.56. The second-order valence-corrected chi connectivity index (χ2v) is 16.3. The largest absolute Gasteiger partial charge is 0.309 e. The Morgan fingerprint density at radius 1 is 0.350 bits per heavy atom. The molecule has 0 saturated carbocycles. The van der Waals surface area contributed by atoms with Crippen molar-refractivity contribution in [2.75, 3.05) is 0 Å². The van der Waals surface area contributed by atoms with E-state index in [-0.39, 0.29) is 0 Å². The maximum Gasteiger partial charge on any atom is 0.236 e. The van der Waals surface area contributed by atoms with Gasteiger partial charge in [-0.05, 0) is 89.3 Å². The predicted octanol–water partition coefficient (Wildman–Crippen LogP) is 14.3. The molecule has 13 rings (SSSR count). The number of fused-ring (bicyclic) bond motifs is 10. The van der Waals surface area contributed by atoms with Crippen LogP contribution in [-0.2, 0) is 0 Å². The van der Waals surface area contributed by atoms with Crippen molar-refractivity contribution in [3.05, 3.63) is 200 Å². The Kier molecular flexibility index (Phi) is 7.11. The van der Waals surface area contributed by atoms with Crippen molar-refractivity contribution in [1.82, 2.24) is 23.7 Å². The van der Waals surface area contributed by atoms with Crippen LogP contribution in [0.2, 0.25) is 0 Å². The Labute approximate surface area is 348 Å². The summed E-state index contributed by atoms with van der Waals surface area (Å²) in [6.45, 7) is 0. The molecule has 8 aromatic carbocycles. The Hall–Kier alpha value is -7.80. The second-order valence-electron chi connectivity index (χ2n) is 15.4. The van der Waals surface area contributed by atoms with Crippen LogP contribution in [0.25, 0.3) is 115 Å². The molecule has 0 atom stereocenters. The van der Waals surface area contributed by atoms with Crippen molar-refractivity contribution in [3.63, 3.8) is 0 Å². The van der Waals surface area contributed by atoms with Crippen LogP contribution in [0, 0.1) is 0 Å². The Bertz CT molecular complexity index is 3830. The lowest BCUT2D eigenvalue weighted by Gasteiger charge is -2.13. The van der Waals surface area contributed by atoms with Crippen LogP contribution < -0.4 is 0 Å². The first-order valence-corrected chi connectivity index (χ1v) is 21.1. The molecule has 0 aliphatic rings. The minimum absolute atomic E-state index is 0.661. The van der Waals surface area contributed by atoms with E-state index in [0.717, 1.165) is 54.8 Å². The molecule has 0 spiro atoms. The third-order valence-electron chi connectivity index (χ3n) is 12.2. The molecule has 6 heteroatoms. The SMILES string of the molecule is c1ccc(-n2c3ccccc3c3cc(-c4ccc5c(c4)c4ccccc4n5-c4nc(-c5cccc6c7ccccc7n(-c7ccccc7)c56)c5ccsc5n4)ccc32)cc1. The molecule has 0 aliphatic heterocycles. The Morgan fingerprint density at radius 3 is 1.50 bits per heavy atom. The van der Waals surface area contributed by atoms with Crippen LogP contribution in [0.15, 0.2) is 200 Å². The normalized spacial score (nSPS) is 12.0. The summed E-state index contributed by atoms with van der Waals surface area (Å²) in [4.78, 5) is 11.8. The smallest absolute Gasteiger partial charge is 0.236 e. The van der Waals surface area contributed by atoms with Gasteiger partial charge < -0.3 is 9.13 Å². The van der Waals surface area contributed by atoms with E-state index in [0.29, 0.717) is 5.95 Å². The lowest BCUT2D eigenvalue weighted by atomic mass is 10.0. The number of aromatic nitrogens is 5. The van der Waals surface area contributed by atoms with Crippen molar-refractivity contribution < 1.29 is 0 Å². The van der Waals surface area contributed by atoms with Gasteiger partial charge in [-0.2, -0.15) is 0 Å². The molecule has 0 radical (unpaired) electrons. The van der Waals surface area contributed by atoms with Gasteiger partial charge in [-0.15, -0.1) is 11.3 Å². The van der Waals surface area contributed by atoms with Crippen molar-refractivity contribution in [3.8, 4) is 39.7 Å². The zero-order valence-electron chi connectivity index (χ0n) is 32.2. The minimum Gasteiger partial charge on any atom is -0.309 e. The quantitative estimate of drug-likeness (QED) is 0.174. The van der Waals surface area contributed by atoms with Gasteiger partial charge in [-0.3, -0.25) is 4.57 Å². The van der Waals surface area contributed by atoms with Gasteiger partial charge in [-0.25, -0.2) is 9.97 Å². The summed E-state index contributed by atoms with van der Waals surface area (Å²) in [7, 11) is 0. The van der Waals surface area contributed by atoms with Crippen LogP contribution in [0.1, 0.15) is 0 Å². The number of rotatable bonds is 5. The number of hydrogen-bond donors (Lipinski definition) is 0. The molecule has 0 aliphatic carbocycles. The summed E-state index contributed by atoms with van der Waals surface area (Å²) in [5.74, 6) is 0.661. The van der Waals surface area contributed by atoms with E-state index in [1.807, 2.05) is 0 Å². The van der Waals surface area contributed by atoms with E-state index in [2.05, 4.69) is 213 Å². The fourth-order valence-corrected chi connectivity index (χ4v) is 10.3. The van der Waals surface area contributed by atoms with Gasteiger partial charge in [0.15, 0.2) is 0 Å². The summed E-state index contributed by atoms with van der Waals surface area (Å²) in [5.41, 5.74) is 13.5. The lowest BCUT2D eigenvalue weighted by molar-refractivity contribution is 1.02. The third kappa shape index (κ3) is 4.79. The minimum atomic E-state index is 0.661. The van der Waals surface area contributed by atoms with Gasteiger partial charge in [0.1, 0.15) is 4.83 Å². The highest BCUT2D eigenvalue weighted by atomic mass is 32.1. The Balaban J connectivity index is 1.02. The second kappa shape index (κ2) is 12.9. The van der Waals surface area contributed by atoms with Gasteiger partial charge in [0, 0.05) is 54.6 Å². The highest BCUT2D eigenvalue weighted by Crippen LogP contribution is 2.42. The summed E-state index contributed by atoms with van der Waals surface area (Å²) in [6.07, 6.45) is 0. The van der Waals surface area contributed by atoms with Gasteiger partial charge in [0.2, 0.25) is 5.95 Å². The van der Waals surface area contributed by atoms with Crippen molar-refractivity contribution in [1.29, 1.82) is 0 Å². The van der Waals surface area contributed by atoms with E-state index >= 15 is 0 Å². The molecule has 5 heterocycles. The van der Waals surface area contributed by atoms with E-state index in [1.165, 1.54) is 54.6 Å². The van der Waals surface area contributed by atoms with E-state index in [4.69, 9.17) is 9.97 Å². The van der Waals surface area contributed by atoms with Gasteiger partial charge in [-0.1, -0.05) is 121 Å². The van der Waals surface area contributed by atoms with E-state index < -0.39 is 0 Å². The van der Waals surface area contributed by atoms with Crippen LogP contribution in [0.5, 0.6) is 0 Å². The lowest BCUT2D eigenvalue weighted by Crippen LogP contribution is -2.03. The van der Waals surface area contributed by atoms with Crippen molar-refractivity contribution in [2.45, 2.75) is 0 Å². The molecule has 0 bridgehead atoms. The molecule has 280 valence electrons. The third-order valence-corrected chi connectivity index (χ3v) is 13.0. The average molecular weight is 784 g/mol. The molecular formula is C54H33N5S. The average Bonchev–Trinajstić information content (AvgIpc) is 4.09.